The molecular formula is C38H34F7N3O5. The van der Waals surface area contributed by atoms with Crippen molar-refractivity contribution in [3.05, 3.63) is 116 Å². The van der Waals surface area contributed by atoms with Crippen molar-refractivity contribution in [2.24, 2.45) is 0 Å². The van der Waals surface area contributed by atoms with E-state index >= 15 is 8.78 Å². The molecule has 0 unspecified atom stereocenters. The summed E-state index contributed by atoms with van der Waals surface area (Å²) >= 11 is 0. The molecule has 0 saturated carbocycles. The van der Waals surface area contributed by atoms with Gasteiger partial charge in [-0.3, -0.25) is 19.0 Å². The van der Waals surface area contributed by atoms with Crippen molar-refractivity contribution < 1.29 is 50.2 Å². The fourth-order valence-electron chi connectivity index (χ4n) is 6.93. The number of piperidine rings is 1. The number of rotatable bonds is 6. The van der Waals surface area contributed by atoms with Crippen LogP contribution in [0.15, 0.2) is 65.6 Å². The molecule has 280 valence electrons. The van der Waals surface area contributed by atoms with E-state index in [2.05, 4.69) is 5.32 Å². The molecule has 1 aromatic heterocycles. The maximum atomic E-state index is 15.9. The summed E-state index contributed by atoms with van der Waals surface area (Å²) in [6.07, 6.45) is -6.47. The Labute approximate surface area is 298 Å². The fourth-order valence-corrected chi connectivity index (χ4v) is 6.93. The van der Waals surface area contributed by atoms with Crippen molar-refractivity contribution >= 4 is 11.9 Å². The lowest BCUT2D eigenvalue weighted by Crippen LogP contribution is -2.42. The van der Waals surface area contributed by atoms with Gasteiger partial charge in [-0.25, -0.2) is 17.6 Å². The van der Waals surface area contributed by atoms with Gasteiger partial charge in [0.2, 0.25) is 5.91 Å². The van der Waals surface area contributed by atoms with Gasteiger partial charge in [0.25, 0.3) is 11.5 Å². The van der Waals surface area contributed by atoms with Gasteiger partial charge in [-0.1, -0.05) is 12.1 Å². The zero-order valence-electron chi connectivity index (χ0n) is 28.5. The smallest absolute Gasteiger partial charge is 0.416 e. The third-order valence-corrected chi connectivity index (χ3v) is 9.65. The standard InChI is InChI=1S/C38H34F7N3O5/c1-20-4-3-5-30-33(20)23-14-21(2)34(40)26(15-23)29(18-32(50)51)46-36(52)35(25-16-24(53-30)6-7-28(25)39)48-19-22(27(17-31(48)49)38(43,44)45)8-11-47-12-9-37(41,42)10-13-47/h3-7,14-17,19,29,35H,8-13,18H2,1-2H3,(H,46,52)(H,50,51)/t29-,35+/m0/s1. The van der Waals surface area contributed by atoms with Gasteiger partial charge in [0.05, 0.1) is 18.0 Å². The number of carboxylic acids is 1. The molecule has 0 spiro atoms. The number of carbonyl (C=O) groups is 2. The fraction of sp³-hybridized carbons (Fsp3) is 0.342. The minimum atomic E-state index is -5.03. The van der Waals surface area contributed by atoms with Gasteiger partial charge in [0, 0.05) is 61.4 Å². The van der Waals surface area contributed by atoms with E-state index in [-0.39, 0.29) is 54.7 Å². The Morgan fingerprint density at radius 1 is 0.981 bits per heavy atom. The molecule has 0 radical (unpaired) electrons. The van der Waals surface area contributed by atoms with Crippen LogP contribution in [-0.4, -0.2) is 52.0 Å². The average Bonchev–Trinajstić information content (AvgIpc) is 3.07. The Bertz CT molecular complexity index is 2140. The van der Waals surface area contributed by atoms with Crippen molar-refractivity contribution in [2.45, 2.75) is 63.7 Å². The molecule has 53 heavy (non-hydrogen) atoms. The molecule has 2 aliphatic rings. The lowest BCUT2D eigenvalue weighted by atomic mass is 9.92. The summed E-state index contributed by atoms with van der Waals surface area (Å²) in [5.41, 5.74) is -2.25. The minimum Gasteiger partial charge on any atom is -0.481 e. The number of hydrogen-bond acceptors (Lipinski definition) is 5. The molecule has 6 rings (SSSR count). The molecule has 3 aromatic carbocycles. The van der Waals surface area contributed by atoms with Crippen molar-refractivity contribution in [1.29, 1.82) is 0 Å². The van der Waals surface area contributed by atoms with Crippen molar-refractivity contribution in [3.8, 4) is 22.6 Å². The number of amides is 1. The Balaban J connectivity index is 1.54. The van der Waals surface area contributed by atoms with E-state index in [1.807, 2.05) is 0 Å². The zero-order chi connectivity index (χ0) is 38.4. The van der Waals surface area contributed by atoms with Gasteiger partial charge < -0.3 is 20.1 Å². The highest BCUT2D eigenvalue weighted by atomic mass is 19.4. The summed E-state index contributed by atoms with van der Waals surface area (Å²) < 4.78 is 109. The number of nitrogens with one attached hydrogen (secondary N) is 1. The first kappa shape index (κ1) is 37.6. The number of halogens is 7. The maximum Gasteiger partial charge on any atom is 0.416 e. The highest BCUT2D eigenvalue weighted by Gasteiger charge is 2.38. The third kappa shape index (κ3) is 7.94. The number of alkyl halides is 5. The summed E-state index contributed by atoms with van der Waals surface area (Å²) in [6.45, 7) is 2.94. The van der Waals surface area contributed by atoms with E-state index in [9.17, 15) is 41.4 Å². The first-order valence-electron chi connectivity index (χ1n) is 16.7. The van der Waals surface area contributed by atoms with Crippen molar-refractivity contribution in [1.82, 2.24) is 14.8 Å². The van der Waals surface area contributed by atoms with E-state index < -0.39 is 89.2 Å². The number of benzene rings is 3. The van der Waals surface area contributed by atoms with Gasteiger partial charge in [0.15, 0.2) is 0 Å². The van der Waals surface area contributed by atoms with Gasteiger partial charge >= 0.3 is 12.1 Å². The number of aliphatic carboxylic acids is 1. The van der Waals surface area contributed by atoms with Crippen LogP contribution in [0.5, 0.6) is 11.5 Å². The van der Waals surface area contributed by atoms with Crippen molar-refractivity contribution in [2.75, 3.05) is 19.6 Å². The maximum absolute atomic E-state index is 15.9. The number of hydrogen-bond donors (Lipinski definition) is 2. The Kier molecular flexibility index (Phi) is 10.2. The monoisotopic (exact) mass is 745 g/mol. The van der Waals surface area contributed by atoms with Crippen molar-refractivity contribution in [3.63, 3.8) is 0 Å². The molecule has 8 nitrogen and oxygen atoms in total. The summed E-state index contributed by atoms with van der Waals surface area (Å²) in [4.78, 5) is 41.6. The van der Waals surface area contributed by atoms with E-state index in [1.54, 1.807) is 30.0 Å². The SMILES string of the molecule is Cc1cc2cc(c1F)[C@H](CC(=O)O)NC(=O)[C@H](n1cc(CCN3CCC(F)(F)CC3)c(C(F)(F)F)cc1=O)c1cc(ccc1F)Oc1cccc(C)c1-2. The summed E-state index contributed by atoms with van der Waals surface area (Å²) in [5, 5.41) is 12.3. The van der Waals surface area contributed by atoms with Crippen LogP contribution in [0, 0.1) is 25.5 Å². The highest BCUT2D eigenvalue weighted by Crippen LogP contribution is 2.41. The van der Waals surface area contributed by atoms with Crippen LogP contribution in [0.1, 0.15) is 64.7 Å². The number of likely N-dealkylation sites (tertiary alicyclic amines) is 1. The number of aromatic nitrogens is 1. The molecule has 2 aliphatic heterocycles. The molecule has 2 atom stereocenters. The lowest BCUT2D eigenvalue weighted by molar-refractivity contribution is -0.139. The van der Waals surface area contributed by atoms with Crippen LogP contribution in [-0.2, 0) is 22.2 Å². The number of nitrogens with zero attached hydrogens (tertiary/aromatic N) is 2. The second-order valence-electron chi connectivity index (χ2n) is 13.4. The molecule has 1 amide bonds. The topological polar surface area (TPSA) is 101 Å². The first-order valence-corrected chi connectivity index (χ1v) is 16.7. The summed E-state index contributed by atoms with van der Waals surface area (Å²) in [6, 6.07) is 7.82. The summed E-state index contributed by atoms with van der Waals surface area (Å²) in [7, 11) is 0. The third-order valence-electron chi connectivity index (χ3n) is 9.65. The zero-order valence-corrected chi connectivity index (χ0v) is 28.5. The van der Waals surface area contributed by atoms with Gasteiger partial charge in [-0.2, -0.15) is 13.2 Å². The van der Waals surface area contributed by atoms with Crippen LogP contribution in [0.2, 0.25) is 0 Å². The van der Waals surface area contributed by atoms with Gasteiger partial charge in [-0.05, 0) is 78.9 Å². The molecule has 3 heterocycles. The number of aryl methyl sites for hydroxylation is 2. The van der Waals surface area contributed by atoms with E-state index in [0.717, 1.165) is 18.3 Å². The van der Waals surface area contributed by atoms with E-state index in [4.69, 9.17) is 4.74 Å². The summed E-state index contributed by atoms with van der Waals surface area (Å²) in [5.74, 6) is -7.27. The Morgan fingerprint density at radius 3 is 2.38 bits per heavy atom. The quantitative estimate of drug-likeness (QED) is 0.196. The average molecular weight is 746 g/mol. The number of ether oxygens (including phenoxy) is 1. The molecule has 4 bridgehead atoms. The predicted molar refractivity (Wildman–Crippen MR) is 179 cm³/mol. The molecule has 1 saturated heterocycles. The molecule has 1 fully saturated rings. The number of fused-ring (bicyclic) bond motifs is 6. The Hall–Kier alpha value is -5.18. The minimum absolute atomic E-state index is 0.0199. The molecule has 4 aromatic rings. The molecular weight excluding hydrogens is 711 g/mol. The lowest BCUT2D eigenvalue weighted by Gasteiger charge is -2.32. The van der Waals surface area contributed by atoms with Crippen LogP contribution < -0.4 is 15.6 Å². The molecule has 15 heteroatoms. The van der Waals surface area contributed by atoms with Crippen LogP contribution in [0.25, 0.3) is 11.1 Å². The van der Waals surface area contributed by atoms with E-state index in [1.165, 1.54) is 25.1 Å². The Morgan fingerprint density at radius 2 is 1.70 bits per heavy atom. The van der Waals surface area contributed by atoms with Gasteiger partial charge in [0.1, 0.15) is 29.2 Å². The highest BCUT2D eigenvalue weighted by molar-refractivity contribution is 5.85. The second kappa shape index (κ2) is 14.3. The second-order valence-corrected chi connectivity index (χ2v) is 13.4. The van der Waals surface area contributed by atoms with Crippen LogP contribution in [0.3, 0.4) is 0 Å². The molecule has 2 N–H and O–H groups in total. The van der Waals surface area contributed by atoms with E-state index in [0.29, 0.717) is 21.3 Å². The normalized spacial score (nSPS) is 18.8. The molecule has 0 aliphatic carbocycles. The predicted octanol–water partition coefficient (Wildman–Crippen LogP) is 7.73. The number of carboxylic acid groups (broad SMARTS) is 1. The van der Waals surface area contributed by atoms with Crippen LogP contribution in [0.4, 0.5) is 30.7 Å². The van der Waals surface area contributed by atoms with Gasteiger partial charge in [-0.15, -0.1) is 0 Å². The van der Waals surface area contributed by atoms with Crippen LogP contribution >= 0.6 is 0 Å². The largest absolute Gasteiger partial charge is 0.481 e. The number of carbonyl (C=O) groups excluding carboxylic acids is 1. The number of pyridine rings is 1. The first-order chi connectivity index (χ1) is 24.9.